The number of rotatable bonds is 6. The van der Waals surface area contributed by atoms with Crippen LogP contribution in [0.5, 0.6) is 5.75 Å². The van der Waals surface area contributed by atoms with Crippen LogP contribution in [0.15, 0.2) is 40.8 Å². The molecule has 8 nitrogen and oxygen atoms in total. The van der Waals surface area contributed by atoms with Crippen LogP contribution in [0, 0.1) is 0 Å². The van der Waals surface area contributed by atoms with Crippen molar-refractivity contribution < 1.29 is 9.53 Å². The minimum Gasteiger partial charge on any atom is -0.484 e. The summed E-state index contributed by atoms with van der Waals surface area (Å²) in [4.78, 5) is 26.4. The summed E-state index contributed by atoms with van der Waals surface area (Å²) in [6.45, 7) is 3.90. The molecule has 1 aromatic heterocycles. The maximum atomic E-state index is 11.6. The molecule has 1 fully saturated rings. The van der Waals surface area contributed by atoms with Crippen molar-refractivity contribution in [2.45, 2.75) is 6.54 Å². The maximum absolute atomic E-state index is 11.6. The molecule has 1 aliphatic rings. The molecule has 0 atom stereocenters. The zero-order valence-electron chi connectivity index (χ0n) is 16.2. The molecular formula is C19H26N6O2S. The van der Waals surface area contributed by atoms with Gasteiger partial charge < -0.3 is 25.2 Å². The van der Waals surface area contributed by atoms with Crippen molar-refractivity contribution in [1.82, 2.24) is 14.8 Å². The number of nitrogens with zero attached hydrogens (tertiary/aromatic N) is 5. The zero-order chi connectivity index (χ0) is 19.9. The van der Waals surface area contributed by atoms with Crippen molar-refractivity contribution in [2.75, 3.05) is 51.8 Å². The van der Waals surface area contributed by atoms with E-state index in [1.807, 2.05) is 35.8 Å². The average molecular weight is 403 g/mol. The lowest BCUT2D eigenvalue weighted by atomic mass is 10.2. The summed E-state index contributed by atoms with van der Waals surface area (Å²) in [6, 6.07) is 7.58. The third-order valence-corrected chi connectivity index (χ3v) is 5.31. The van der Waals surface area contributed by atoms with Gasteiger partial charge in [0.05, 0.1) is 6.54 Å². The Hall–Kier alpha value is -2.81. The van der Waals surface area contributed by atoms with Gasteiger partial charge in [-0.15, -0.1) is 11.3 Å². The molecule has 0 unspecified atom stereocenters. The second kappa shape index (κ2) is 9.41. The Morgan fingerprint density at radius 2 is 2.11 bits per heavy atom. The summed E-state index contributed by atoms with van der Waals surface area (Å²) < 4.78 is 5.55. The maximum Gasteiger partial charge on any atom is 0.259 e. The number of hydrogen-bond acceptors (Lipinski definition) is 6. The number of amides is 1. The van der Waals surface area contributed by atoms with E-state index in [0.29, 0.717) is 18.3 Å². The van der Waals surface area contributed by atoms with E-state index in [-0.39, 0.29) is 12.5 Å². The molecule has 3 rings (SSSR count). The van der Waals surface area contributed by atoms with Gasteiger partial charge in [-0.05, 0) is 17.7 Å². The first kappa shape index (κ1) is 19.9. The normalized spacial score (nSPS) is 14.9. The molecule has 2 heterocycles. The zero-order valence-corrected chi connectivity index (χ0v) is 17.1. The van der Waals surface area contributed by atoms with Crippen LogP contribution in [-0.2, 0) is 11.3 Å². The third-order valence-electron chi connectivity index (χ3n) is 4.48. The van der Waals surface area contributed by atoms with E-state index in [1.165, 1.54) is 4.90 Å². The number of thiazole rings is 1. The van der Waals surface area contributed by atoms with E-state index in [4.69, 9.17) is 10.5 Å². The van der Waals surface area contributed by atoms with Crippen molar-refractivity contribution in [2.24, 2.45) is 10.7 Å². The number of benzene rings is 1. The molecule has 1 aromatic carbocycles. The van der Waals surface area contributed by atoms with Crippen molar-refractivity contribution in [3.63, 3.8) is 0 Å². The number of hydrogen-bond donors (Lipinski definition) is 1. The molecule has 2 N–H and O–H groups in total. The number of anilines is 1. The lowest BCUT2D eigenvalue weighted by Crippen LogP contribution is -2.51. The van der Waals surface area contributed by atoms with Gasteiger partial charge >= 0.3 is 0 Å². The lowest BCUT2D eigenvalue weighted by molar-refractivity contribution is -0.130. The second-order valence-electron chi connectivity index (χ2n) is 6.69. The first-order chi connectivity index (χ1) is 13.5. The molecular weight excluding hydrogens is 376 g/mol. The fourth-order valence-electron chi connectivity index (χ4n) is 2.78. The predicted octanol–water partition coefficient (Wildman–Crippen LogP) is 1.25. The van der Waals surface area contributed by atoms with E-state index >= 15 is 0 Å². The molecule has 1 saturated heterocycles. The van der Waals surface area contributed by atoms with Crippen LogP contribution >= 0.6 is 11.3 Å². The van der Waals surface area contributed by atoms with Crippen molar-refractivity contribution in [1.29, 1.82) is 0 Å². The number of likely N-dealkylation sites (N-methyl/N-ethyl adjacent to an activating group) is 1. The molecule has 0 saturated carbocycles. The molecule has 0 radical (unpaired) electrons. The van der Waals surface area contributed by atoms with E-state index in [1.54, 1.807) is 25.4 Å². The number of guanidine groups is 1. The summed E-state index contributed by atoms with van der Waals surface area (Å²) in [5, 5.41) is 3.05. The van der Waals surface area contributed by atoms with E-state index in [0.717, 1.165) is 36.9 Å². The molecule has 1 amide bonds. The smallest absolute Gasteiger partial charge is 0.259 e. The number of nitrogens with two attached hydrogens (primary N) is 1. The standard InChI is InChI=1S/C19H26N6O2S/c1-23(2)17(26)14-27-16-5-3-4-15(12-16)13-22-18(20)24-7-9-25(10-8-24)19-21-6-11-28-19/h3-6,11-12H,7-10,13-14H2,1-2H3,(H2,20,22). The lowest BCUT2D eigenvalue weighted by Gasteiger charge is -2.35. The molecule has 28 heavy (non-hydrogen) atoms. The number of ether oxygens (including phenoxy) is 1. The highest BCUT2D eigenvalue weighted by Gasteiger charge is 2.19. The van der Waals surface area contributed by atoms with Gasteiger partial charge in [0.1, 0.15) is 5.75 Å². The summed E-state index contributed by atoms with van der Waals surface area (Å²) in [5.41, 5.74) is 7.18. The van der Waals surface area contributed by atoms with Crippen molar-refractivity contribution in [3.8, 4) is 5.75 Å². The Bertz CT molecular complexity index is 801. The van der Waals surface area contributed by atoms with Gasteiger partial charge in [-0.1, -0.05) is 12.1 Å². The summed E-state index contributed by atoms with van der Waals surface area (Å²) >= 11 is 1.65. The van der Waals surface area contributed by atoms with E-state index in [9.17, 15) is 4.79 Å². The van der Waals surface area contributed by atoms with Gasteiger partial charge in [-0.25, -0.2) is 9.98 Å². The first-order valence-electron chi connectivity index (χ1n) is 9.14. The highest BCUT2D eigenvalue weighted by molar-refractivity contribution is 7.13. The summed E-state index contributed by atoms with van der Waals surface area (Å²) in [7, 11) is 3.41. The highest BCUT2D eigenvalue weighted by atomic mass is 32.1. The molecule has 150 valence electrons. The van der Waals surface area contributed by atoms with Crippen LogP contribution in [0.3, 0.4) is 0 Å². The van der Waals surface area contributed by atoms with Crippen LogP contribution in [0.2, 0.25) is 0 Å². The number of carbonyl (C=O) groups is 1. The quantitative estimate of drug-likeness (QED) is 0.578. The van der Waals surface area contributed by atoms with Crippen LogP contribution < -0.4 is 15.4 Å². The number of piperazine rings is 1. The minimum atomic E-state index is -0.0791. The molecule has 0 aliphatic carbocycles. The second-order valence-corrected chi connectivity index (χ2v) is 7.56. The van der Waals surface area contributed by atoms with Gasteiger partial charge in [0.25, 0.3) is 5.91 Å². The molecule has 0 bridgehead atoms. The average Bonchev–Trinajstić information content (AvgIpc) is 3.25. The Kier molecular flexibility index (Phi) is 6.70. The topological polar surface area (TPSA) is 87.3 Å². The number of carbonyl (C=O) groups excluding carboxylic acids is 1. The van der Waals surface area contributed by atoms with Crippen LogP contribution in [0.25, 0.3) is 0 Å². The van der Waals surface area contributed by atoms with Crippen molar-refractivity contribution in [3.05, 3.63) is 41.4 Å². The number of aromatic nitrogens is 1. The summed E-state index contributed by atoms with van der Waals surface area (Å²) in [5.74, 6) is 1.12. The number of aliphatic imine (C=N–C) groups is 1. The first-order valence-corrected chi connectivity index (χ1v) is 10.0. The Morgan fingerprint density at radius 1 is 1.32 bits per heavy atom. The largest absolute Gasteiger partial charge is 0.484 e. The van der Waals surface area contributed by atoms with Crippen LogP contribution in [0.1, 0.15) is 5.56 Å². The Balaban J connectivity index is 1.51. The third kappa shape index (κ3) is 5.35. The molecule has 2 aromatic rings. The van der Waals surface area contributed by atoms with Crippen LogP contribution in [0.4, 0.5) is 5.13 Å². The minimum absolute atomic E-state index is 0.0191. The van der Waals surface area contributed by atoms with Gasteiger partial charge in [0.15, 0.2) is 17.7 Å². The van der Waals surface area contributed by atoms with Crippen molar-refractivity contribution >= 4 is 28.3 Å². The fraction of sp³-hybridized carbons (Fsp3) is 0.421. The Labute approximate surface area is 169 Å². The van der Waals surface area contributed by atoms with E-state index < -0.39 is 0 Å². The molecule has 9 heteroatoms. The van der Waals surface area contributed by atoms with Crippen LogP contribution in [-0.4, -0.2) is 73.5 Å². The van der Waals surface area contributed by atoms with Gasteiger partial charge in [-0.2, -0.15) is 0 Å². The van der Waals surface area contributed by atoms with Gasteiger partial charge in [-0.3, -0.25) is 4.79 Å². The molecule has 0 spiro atoms. The Morgan fingerprint density at radius 3 is 2.79 bits per heavy atom. The van der Waals surface area contributed by atoms with E-state index in [2.05, 4.69) is 19.8 Å². The monoisotopic (exact) mass is 402 g/mol. The van der Waals surface area contributed by atoms with Gasteiger partial charge in [0, 0.05) is 51.9 Å². The summed E-state index contributed by atoms with van der Waals surface area (Å²) in [6.07, 6.45) is 1.83. The highest BCUT2D eigenvalue weighted by Crippen LogP contribution is 2.19. The predicted molar refractivity (Wildman–Crippen MR) is 112 cm³/mol. The van der Waals surface area contributed by atoms with Gasteiger partial charge in [0.2, 0.25) is 0 Å². The molecule has 1 aliphatic heterocycles. The SMILES string of the molecule is CN(C)C(=O)COc1cccc(CN=C(N)N2CCN(c3nccs3)CC2)c1. The fourth-order valence-corrected chi connectivity index (χ4v) is 3.48.